The number of sulfonamides is 1. The number of hydrogen-bond acceptors (Lipinski definition) is 6. The molecular formula is C25H43N3O5S2. The fourth-order valence-electron chi connectivity index (χ4n) is 3.80. The smallest absolute Gasteiger partial charge is 0.243 e. The third kappa shape index (κ3) is 11.3. The maximum atomic E-state index is 13.1. The Balaban J connectivity index is 2.76. The highest BCUT2D eigenvalue weighted by atomic mass is 32.2. The first-order valence-electron chi connectivity index (χ1n) is 12.3. The first-order valence-corrected chi connectivity index (χ1v) is 14.5. The van der Waals surface area contributed by atoms with Crippen LogP contribution >= 0.6 is 12.6 Å². The van der Waals surface area contributed by atoms with Gasteiger partial charge in [0.2, 0.25) is 21.8 Å². The molecular weight excluding hydrogens is 486 g/mol. The molecule has 200 valence electrons. The molecule has 1 aromatic rings. The number of aliphatic hydroxyl groups excluding tert-OH is 1. The lowest BCUT2D eigenvalue weighted by molar-refractivity contribution is -0.135. The molecule has 0 aliphatic heterocycles. The van der Waals surface area contributed by atoms with Crippen LogP contribution in [-0.2, 0) is 26.0 Å². The van der Waals surface area contributed by atoms with Crippen LogP contribution in [0.25, 0.3) is 0 Å². The van der Waals surface area contributed by atoms with Crippen LogP contribution in [-0.4, -0.2) is 49.8 Å². The highest BCUT2D eigenvalue weighted by Gasteiger charge is 2.35. The van der Waals surface area contributed by atoms with Crippen molar-refractivity contribution in [2.45, 2.75) is 89.7 Å². The maximum Gasteiger partial charge on any atom is 0.243 e. The van der Waals surface area contributed by atoms with Gasteiger partial charge in [-0.05, 0) is 36.0 Å². The number of thiol groups is 1. The van der Waals surface area contributed by atoms with Crippen molar-refractivity contribution >= 4 is 34.5 Å². The molecule has 0 spiro atoms. The number of primary sulfonamides is 1. The Kier molecular flexibility index (Phi) is 13.3. The summed E-state index contributed by atoms with van der Waals surface area (Å²) in [4.78, 5) is 26.1. The number of nitrogens with one attached hydrogen (secondary N) is 2. The van der Waals surface area contributed by atoms with E-state index < -0.39 is 33.5 Å². The minimum absolute atomic E-state index is 0.0316. The number of amides is 2. The van der Waals surface area contributed by atoms with E-state index in [4.69, 9.17) is 5.14 Å². The molecule has 35 heavy (non-hydrogen) atoms. The Hall–Kier alpha value is -1.62. The lowest BCUT2D eigenvalue weighted by atomic mass is 9.85. The Labute approximate surface area is 216 Å². The molecule has 1 aromatic carbocycles. The van der Waals surface area contributed by atoms with Crippen LogP contribution in [0.5, 0.6) is 0 Å². The van der Waals surface area contributed by atoms with E-state index in [1.807, 2.05) is 20.8 Å². The van der Waals surface area contributed by atoms with E-state index in [0.29, 0.717) is 19.4 Å². The Morgan fingerprint density at radius 3 is 2.17 bits per heavy atom. The number of unbranched alkanes of at least 4 members (excludes halogenated alkanes) is 4. The van der Waals surface area contributed by atoms with Crippen LogP contribution in [0.4, 0.5) is 0 Å². The van der Waals surface area contributed by atoms with E-state index in [9.17, 15) is 23.1 Å². The quantitative estimate of drug-likeness (QED) is 0.176. The second kappa shape index (κ2) is 14.8. The highest BCUT2D eigenvalue weighted by molar-refractivity contribution is 7.89. The number of benzene rings is 1. The van der Waals surface area contributed by atoms with Gasteiger partial charge in [0.1, 0.15) is 6.04 Å². The van der Waals surface area contributed by atoms with Gasteiger partial charge in [0, 0.05) is 12.3 Å². The van der Waals surface area contributed by atoms with Crippen molar-refractivity contribution in [1.29, 1.82) is 0 Å². The Bertz CT molecular complexity index is 899. The molecule has 3 atom stereocenters. The Morgan fingerprint density at radius 2 is 1.66 bits per heavy atom. The van der Waals surface area contributed by atoms with Crippen molar-refractivity contribution in [3.05, 3.63) is 29.8 Å². The molecule has 0 heterocycles. The van der Waals surface area contributed by atoms with Crippen LogP contribution in [0.2, 0.25) is 0 Å². The number of carbonyl (C=O) groups excluding carboxylic acids is 2. The zero-order valence-electron chi connectivity index (χ0n) is 21.4. The number of rotatable bonds is 15. The normalized spacial score (nSPS) is 14.7. The van der Waals surface area contributed by atoms with Crippen LogP contribution in [0.3, 0.4) is 0 Å². The van der Waals surface area contributed by atoms with Crippen molar-refractivity contribution in [2.75, 3.05) is 12.3 Å². The first kappa shape index (κ1) is 31.4. The molecule has 0 aliphatic carbocycles. The van der Waals surface area contributed by atoms with Gasteiger partial charge in [-0.2, -0.15) is 12.6 Å². The van der Waals surface area contributed by atoms with Gasteiger partial charge in [0.25, 0.3) is 0 Å². The zero-order valence-corrected chi connectivity index (χ0v) is 23.1. The highest BCUT2D eigenvalue weighted by Crippen LogP contribution is 2.22. The second-order valence-corrected chi connectivity index (χ2v) is 12.0. The van der Waals surface area contributed by atoms with E-state index >= 15 is 0 Å². The zero-order chi connectivity index (χ0) is 26.6. The third-order valence-corrected chi connectivity index (χ3v) is 7.29. The van der Waals surface area contributed by atoms with E-state index in [2.05, 4.69) is 30.2 Å². The van der Waals surface area contributed by atoms with Gasteiger partial charge in [-0.3, -0.25) is 9.59 Å². The van der Waals surface area contributed by atoms with E-state index in [0.717, 1.165) is 37.7 Å². The molecule has 2 amide bonds. The summed E-state index contributed by atoms with van der Waals surface area (Å²) >= 11 is 4.17. The molecule has 0 bridgehead atoms. The number of hydrogen-bond donors (Lipinski definition) is 5. The van der Waals surface area contributed by atoms with Gasteiger partial charge in [0.15, 0.2) is 0 Å². The van der Waals surface area contributed by atoms with Gasteiger partial charge in [-0.15, -0.1) is 0 Å². The molecule has 5 N–H and O–H groups in total. The van der Waals surface area contributed by atoms with Crippen molar-refractivity contribution in [3.63, 3.8) is 0 Å². The molecule has 0 fully saturated rings. The minimum Gasteiger partial charge on any atom is -0.391 e. The molecule has 0 radical (unpaired) electrons. The molecule has 0 aromatic heterocycles. The first-order chi connectivity index (χ1) is 16.3. The van der Waals surface area contributed by atoms with Gasteiger partial charge in [0.05, 0.1) is 16.9 Å². The molecule has 2 unspecified atom stereocenters. The minimum atomic E-state index is -3.75. The second-order valence-electron chi connectivity index (χ2n) is 10.1. The number of nitrogens with two attached hydrogens (primary N) is 1. The summed E-state index contributed by atoms with van der Waals surface area (Å²) in [5.74, 6) is -1.10. The van der Waals surface area contributed by atoms with Crippen molar-refractivity contribution in [2.24, 2.45) is 16.5 Å². The van der Waals surface area contributed by atoms with Gasteiger partial charge >= 0.3 is 0 Å². The van der Waals surface area contributed by atoms with E-state index in [1.54, 1.807) is 12.1 Å². The van der Waals surface area contributed by atoms with Gasteiger partial charge < -0.3 is 15.7 Å². The molecule has 0 saturated heterocycles. The van der Waals surface area contributed by atoms with Gasteiger partial charge in [-0.25, -0.2) is 13.6 Å². The molecule has 1 rings (SSSR count). The van der Waals surface area contributed by atoms with Crippen LogP contribution in [0.1, 0.15) is 71.8 Å². The summed E-state index contributed by atoms with van der Waals surface area (Å²) in [7, 11) is -3.75. The lowest BCUT2D eigenvalue weighted by Crippen LogP contribution is -2.56. The fraction of sp³-hybridized carbons (Fsp3) is 0.680. The largest absolute Gasteiger partial charge is 0.391 e. The summed E-state index contributed by atoms with van der Waals surface area (Å²) in [5, 5.41) is 21.2. The summed E-state index contributed by atoms with van der Waals surface area (Å²) in [6.45, 7) is 8.08. The fourth-order valence-corrected chi connectivity index (χ4v) is 4.57. The van der Waals surface area contributed by atoms with Crippen molar-refractivity contribution < 1.29 is 23.1 Å². The summed E-state index contributed by atoms with van der Waals surface area (Å²) in [6, 6.07) is 5.38. The number of carbonyl (C=O) groups is 2. The molecule has 0 aliphatic rings. The van der Waals surface area contributed by atoms with Crippen molar-refractivity contribution in [1.82, 2.24) is 10.6 Å². The molecule has 10 heteroatoms. The lowest BCUT2D eigenvalue weighted by Gasteiger charge is -2.32. The molecule has 0 saturated carbocycles. The predicted molar refractivity (Wildman–Crippen MR) is 143 cm³/mol. The van der Waals surface area contributed by atoms with Crippen LogP contribution < -0.4 is 15.8 Å². The standard InChI is InChI=1S/C25H43N3O5S2/c1-5-6-7-8-9-10-20(21(29)17-34)23(30)28-22(25(2,3)4)24(31)27-16-15-18-11-13-19(14-12-18)35(26,32)33/h11-14,20-22,29,34H,5-10,15-17H2,1-4H3,(H,27,31)(H,28,30)(H2,26,32,33)/t20?,21?,22-/m1/s1. The van der Waals surface area contributed by atoms with E-state index in [-0.39, 0.29) is 22.5 Å². The van der Waals surface area contributed by atoms with Crippen LogP contribution in [0.15, 0.2) is 29.2 Å². The third-order valence-electron chi connectivity index (χ3n) is 5.99. The topological polar surface area (TPSA) is 139 Å². The summed E-state index contributed by atoms with van der Waals surface area (Å²) < 4.78 is 22.8. The average Bonchev–Trinajstić information content (AvgIpc) is 2.78. The van der Waals surface area contributed by atoms with Crippen molar-refractivity contribution in [3.8, 4) is 0 Å². The Morgan fingerprint density at radius 1 is 1.06 bits per heavy atom. The number of aliphatic hydroxyl groups is 1. The summed E-state index contributed by atoms with van der Waals surface area (Å²) in [6.07, 6.45) is 5.36. The SMILES string of the molecule is CCCCCCCC(C(=O)N[C@H](C(=O)NCCc1ccc(S(N)(=O)=O)cc1)C(C)(C)C)C(O)CS. The van der Waals surface area contributed by atoms with Gasteiger partial charge in [-0.1, -0.05) is 71.9 Å². The average molecular weight is 530 g/mol. The maximum absolute atomic E-state index is 13.1. The predicted octanol–water partition coefficient (Wildman–Crippen LogP) is 2.79. The monoisotopic (exact) mass is 529 g/mol. The summed E-state index contributed by atoms with van der Waals surface area (Å²) in [5.41, 5.74) is 0.295. The van der Waals surface area contributed by atoms with Crippen LogP contribution in [0, 0.1) is 11.3 Å². The van der Waals surface area contributed by atoms with E-state index in [1.165, 1.54) is 12.1 Å². The molecule has 8 nitrogen and oxygen atoms in total.